The summed E-state index contributed by atoms with van der Waals surface area (Å²) in [5.74, 6) is 0.819. The molecule has 0 radical (unpaired) electrons. The summed E-state index contributed by atoms with van der Waals surface area (Å²) >= 11 is 0. The van der Waals surface area contributed by atoms with Crippen molar-refractivity contribution in [1.29, 1.82) is 0 Å². The van der Waals surface area contributed by atoms with Gasteiger partial charge >= 0.3 is 0 Å². The molecule has 0 fully saturated rings. The molecule has 20 heavy (non-hydrogen) atoms. The molecule has 108 valence electrons. The van der Waals surface area contributed by atoms with Gasteiger partial charge in [0.05, 0.1) is 6.10 Å². The van der Waals surface area contributed by atoms with Crippen molar-refractivity contribution in [3.05, 3.63) is 47.5 Å². The summed E-state index contributed by atoms with van der Waals surface area (Å²) in [6.07, 6.45) is 1.48. The van der Waals surface area contributed by atoms with E-state index >= 15 is 0 Å². The van der Waals surface area contributed by atoms with E-state index in [2.05, 4.69) is 43.0 Å². The number of rotatable bonds is 4. The van der Waals surface area contributed by atoms with Gasteiger partial charge in [-0.05, 0) is 23.5 Å². The van der Waals surface area contributed by atoms with Gasteiger partial charge in [-0.3, -0.25) is 4.68 Å². The summed E-state index contributed by atoms with van der Waals surface area (Å²) in [5, 5.41) is 14.4. The molecule has 0 aliphatic carbocycles. The minimum atomic E-state index is -0.543. The van der Waals surface area contributed by atoms with Crippen LogP contribution in [-0.2, 0) is 18.4 Å². The molecule has 1 unspecified atom stereocenters. The summed E-state index contributed by atoms with van der Waals surface area (Å²) in [5.41, 5.74) is 2.32. The number of aromatic nitrogens is 3. The molecule has 1 aromatic carbocycles. The average Bonchev–Trinajstić information content (AvgIpc) is 2.85. The second kappa shape index (κ2) is 5.75. The zero-order valence-electron chi connectivity index (χ0n) is 12.7. The molecular formula is C16H23N3O. The van der Waals surface area contributed by atoms with Crippen LogP contribution in [0.3, 0.4) is 0 Å². The molecule has 0 saturated heterocycles. The predicted octanol–water partition coefficient (Wildman–Crippen LogP) is 2.87. The molecule has 0 aliphatic rings. The SMILES string of the molecule is CCn1ncnc1CC(O)c1ccc(C(C)(C)C)cc1. The highest BCUT2D eigenvalue weighted by Crippen LogP contribution is 2.24. The van der Waals surface area contributed by atoms with Crippen LogP contribution >= 0.6 is 0 Å². The molecule has 0 aliphatic heterocycles. The number of hydrogen-bond donors (Lipinski definition) is 1. The number of aryl methyl sites for hydroxylation is 1. The Morgan fingerprint density at radius 2 is 1.85 bits per heavy atom. The Kier molecular flexibility index (Phi) is 4.23. The van der Waals surface area contributed by atoms with Crippen molar-refractivity contribution in [1.82, 2.24) is 14.8 Å². The van der Waals surface area contributed by atoms with Gasteiger partial charge in [0, 0.05) is 13.0 Å². The normalized spacial score (nSPS) is 13.4. The van der Waals surface area contributed by atoms with Gasteiger partial charge in [0.15, 0.2) is 0 Å². The second-order valence-electron chi connectivity index (χ2n) is 6.08. The van der Waals surface area contributed by atoms with E-state index < -0.39 is 6.10 Å². The van der Waals surface area contributed by atoms with Gasteiger partial charge in [-0.1, -0.05) is 45.0 Å². The van der Waals surface area contributed by atoms with Crippen molar-refractivity contribution < 1.29 is 5.11 Å². The first-order valence-electron chi connectivity index (χ1n) is 7.07. The van der Waals surface area contributed by atoms with Crippen molar-refractivity contribution in [3.63, 3.8) is 0 Å². The van der Waals surface area contributed by atoms with E-state index in [0.29, 0.717) is 6.42 Å². The van der Waals surface area contributed by atoms with Gasteiger partial charge in [0.1, 0.15) is 12.2 Å². The molecule has 1 heterocycles. The predicted molar refractivity (Wildman–Crippen MR) is 79.5 cm³/mol. The highest BCUT2D eigenvalue weighted by atomic mass is 16.3. The van der Waals surface area contributed by atoms with Gasteiger partial charge in [-0.15, -0.1) is 0 Å². The van der Waals surface area contributed by atoms with Crippen LogP contribution in [0.5, 0.6) is 0 Å². The Hall–Kier alpha value is -1.68. The van der Waals surface area contributed by atoms with E-state index in [1.807, 2.05) is 23.7 Å². The van der Waals surface area contributed by atoms with Crippen molar-refractivity contribution in [3.8, 4) is 0 Å². The maximum Gasteiger partial charge on any atom is 0.138 e. The maximum atomic E-state index is 10.3. The molecule has 0 spiro atoms. The summed E-state index contributed by atoms with van der Waals surface area (Å²) in [4.78, 5) is 4.20. The van der Waals surface area contributed by atoms with Crippen LogP contribution in [0, 0.1) is 0 Å². The van der Waals surface area contributed by atoms with Gasteiger partial charge in [0.25, 0.3) is 0 Å². The molecule has 0 bridgehead atoms. The molecule has 1 N–H and O–H groups in total. The van der Waals surface area contributed by atoms with Gasteiger partial charge in [-0.25, -0.2) is 4.98 Å². The van der Waals surface area contributed by atoms with Crippen LogP contribution in [0.15, 0.2) is 30.6 Å². The van der Waals surface area contributed by atoms with E-state index in [9.17, 15) is 5.11 Å². The molecule has 2 rings (SSSR count). The Balaban J connectivity index is 2.12. The number of hydrogen-bond acceptors (Lipinski definition) is 3. The zero-order valence-corrected chi connectivity index (χ0v) is 12.7. The van der Waals surface area contributed by atoms with Crippen molar-refractivity contribution in [2.75, 3.05) is 0 Å². The summed E-state index contributed by atoms with van der Waals surface area (Å²) in [6, 6.07) is 8.17. The number of aliphatic hydroxyl groups is 1. The summed E-state index contributed by atoms with van der Waals surface area (Å²) < 4.78 is 1.81. The first-order valence-corrected chi connectivity index (χ1v) is 7.07. The second-order valence-corrected chi connectivity index (χ2v) is 6.08. The lowest BCUT2D eigenvalue weighted by Gasteiger charge is -2.20. The van der Waals surface area contributed by atoms with Gasteiger partial charge in [-0.2, -0.15) is 5.10 Å². The topological polar surface area (TPSA) is 50.9 Å². The fraction of sp³-hybridized carbons (Fsp3) is 0.500. The maximum absolute atomic E-state index is 10.3. The molecule has 4 nitrogen and oxygen atoms in total. The minimum Gasteiger partial charge on any atom is -0.388 e. The minimum absolute atomic E-state index is 0.131. The Morgan fingerprint density at radius 3 is 2.40 bits per heavy atom. The molecule has 0 saturated carbocycles. The van der Waals surface area contributed by atoms with E-state index in [1.54, 1.807) is 0 Å². The fourth-order valence-corrected chi connectivity index (χ4v) is 2.21. The Morgan fingerprint density at radius 1 is 1.20 bits per heavy atom. The lowest BCUT2D eigenvalue weighted by Crippen LogP contribution is -2.12. The zero-order chi connectivity index (χ0) is 14.8. The number of nitrogens with zero attached hydrogens (tertiary/aromatic N) is 3. The van der Waals surface area contributed by atoms with Crippen molar-refractivity contribution >= 4 is 0 Å². The van der Waals surface area contributed by atoms with E-state index in [4.69, 9.17) is 0 Å². The molecule has 1 aromatic heterocycles. The smallest absolute Gasteiger partial charge is 0.138 e. The third-order valence-electron chi connectivity index (χ3n) is 3.53. The van der Waals surface area contributed by atoms with E-state index in [-0.39, 0.29) is 5.41 Å². The van der Waals surface area contributed by atoms with Gasteiger partial charge < -0.3 is 5.11 Å². The average molecular weight is 273 g/mol. The van der Waals surface area contributed by atoms with Crippen LogP contribution in [0.1, 0.15) is 50.8 Å². The Labute approximate surface area is 120 Å². The van der Waals surface area contributed by atoms with Gasteiger partial charge in [0.2, 0.25) is 0 Å². The van der Waals surface area contributed by atoms with Crippen LogP contribution in [0.25, 0.3) is 0 Å². The fourth-order valence-electron chi connectivity index (χ4n) is 2.21. The lowest BCUT2D eigenvalue weighted by molar-refractivity contribution is 0.174. The molecule has 1 atom stereocenters. The molecule has 4 heteroatoms. The monoisotopic (exact) mass is 273 g/mol. The highest BCUT2D eigenvalue weighted by Gasteiger charge is 2.16. The van der Waals surface area contributed by atoms with Crippen molar-refractivity contribution in [2.45, 2.75) is 52.2 Å². The molecule has 0 amide bonds. The first-order chi connectivity index (χ1) is 9.41. The van der Waals surface area contributed by atoms with Crippen LogP contribution in [0.2, 0.25) is 0 Å². The lowest BCUT2D eigenvalue weighted by atomic mass is 9.86. The van der Waals surface area contributed by atoms with Crippen molar-refractivity contribution in [2.24, 2.45) is 0 Å². The number of aliphatic hydroxyl groups excluding tert-OH is 1. The third-order valence-corrected chi connectivity index (χ3v) is 3.53. The van der Waals surface area contributed by atoms with E-state index in [1.165, 1.54) is 11.9 Å². The molecular weight excluding hydrogens is 250 g/mol. The summed E-state index contributed by atoms with van der Waals surface area (Å²) in [6.45, 7) is 9.33. The first kappa shape index (κ1) is 14.7. The Bertz CT molecular complexity index is 552. The highest BCUT2D eigenvalue weighted by molar-refractivity contribution is 5.29. The third kappa shape index (κ3) is 3.25. The van der Waals surface area contributed by atoms with E-state index in [0.717, 1.165) is 17.9 Å². The largest absolute Gasteiger partial charge is 0.388 e. The van der Waals surface area contributed by atoms with Crippen LogP contribution in [0.4, 0.5) is 0 Å². The molecule has 2 aromatic rings. The summed E-state index contributed by atoms with van der Waals surface area (Å²) in [7, 11) is 0. The quantitative estimate of drug-likeness (QED) is 0.932. The number of benzene rings is 1. The van der Waals surface area contributed by atoms with Crippen LogP contribution in [-0.4, -0.2) is 19.9 Å². The standard InChI is InChI=1S/C16H23N3O/c1-5-19-15(17-11-18-19)10-14(20)12-6-8-13(9-7-12)16(2,3)4/h6-9,11,14,20H,5,10H2,1-4H3. The van der Waals surface area contributed by atoms with Crippen LogP contribution < -0.4 is 0 Å².